The van der Waals surface area contributed by atoms with E-state index >= 15 is 0 Å². The Morgan fingerprint density at radius 3 is 2.64 bits per heavy atom. The first kappa shape index (κ1) is 20.2. The third kappa shape index (κ3) is 5.73. The van der Waals surface area contributed by atoms with E-state index in [2.05, 4.69) is 42.2 Å². The first-order valence-electron chi connectivity index (χ1n) is 10.1. The molecular weight excluding hydrogens is 352 g/mol. The molecule has 2 N–H and O–H groups in total. The quantitative estimate of drug-likeness (QED) is 0.394. The Hall–Kier alpha value is -2.54. The normalized spacial score (nSPS) is 16.1. The summed E-state index contributed by atoms with van der Waals surface area (Å²) in [6.45, 7) is 4.94. The van der Waals surface area contributed by atoms with E-state index in [4.69, 9.17) is 4.74 Å². The molecule has 28 heavy (non-hydrogen) atoms. The molecule has 1 unspecified atom stereocenters. The Balaban J connectivity index is 1.52. The summed E-state index contributed by atoms with van der Waals surface area (Å²) in [4.78, 5) is 11.0. The number of likely N-dealkylation sites (tertiary alicyclic amines) is 1. The SMILES string of the molecule is CN=C(NCCCn1ccnc1)NCC(c1ccc(OC)cc1)N1CCCC1. The number of hydrogen-bond donors (Lipinski definition) is 2. The van der Waals surface area contributed by atoms with Crippen LogP contribution >= 0.6 is 0 Å². The predicted octanol–water partition coefficient (Wildman–Crippen LogP) is 2.28. The van der Waals surface area contributed by atoms with E-state index in [0.717, 1.165) is 50.9 Å². The molecule has 3 rings (SSSR count). The van der Waals surface area contributed by atoms with Crippen LogP contribution in [-0.4, -0.2) is 60.7 Å². The molecule has 152 valence electrons. The molecule has 2 heterocycles. The van der Waals surface area contributed by atoms with Crippen LogP contribution in [0, 0.1) is 0 Å². The van der Waals surface area contributed by atoms with Crippen molar-refractivity contribution >= 4 is 5.96 Å². The lowest BCUT2D eigenvalue weighted by Crippen LogP contribution is -2.43. The number of nitrogens with one attached hydrogen (secondary N) is 2. The zero-order valence-corrected chi connectivity index (χ0v) is 17.0. The summed E-state index contributed by atoms with van der Waals surface area (Å²) in [7, 11) is 3.53. The summed E-state index contributed by atoms with van der Waals surface area (Å²) in [6, 6.07) is 8.76. The number of aryl methyl sites for hydroxylation is 1. The van der Waals surface area contributed by atoms with Crippen molar-refractivity contribution in [3.63, 3.8) is 0 Å². The van der Waals surface area contributed by atoms with Crippen LogP contribution in [0.4, 0.5) is 0 Å². The highest BCUT2D eigenvalue weighted by Gasteiger charge is 2.23. The van der Waals surface area contributed by atoms with Crippen LogP contribution in [0.1, 0.15) is 30.9 Å². The van der Waals surface area contributed by atoms with Crippen molar-refractivity contribution in [2.24, 2.45) is 4.99 Å². The van der Waals surface area contributed by atoms with Gasteiger partial charge in [0.1, 0.15) is 5.75 Å². The smallest absolute Gasteiger partial charge is 0.191 e. The zero-order chi connectivity index (χ0) is 19.6. The Kier molecular flexibility index (Phi) is 7.72. The van der Waals surface area contributed by atoms with Crippen molar-refractivity contribution in [1.29, 1.82) is 0 Å². The largest absolute Gasteiger partial charge is 0.497 e. The molecule has 0 bridgehead atoms. The number of nitrogens with zero attached hydrogens (tertiary/aromatic N) is 4. The Bertz CT molecular complexity index is 707. The average molecular weight is 385 g/mol. The lowest BCUT2D eigenvalue weighted by atomic mass is 10.1. The highest BCUT2D eigenvalue weighted by atomic mass is 16.5. The first-order valence-corrected chi connectivity index (χ1v) is 10.1. The number of imidazole rings is 1. The summed E-state index contributed by atoms with van der Waals surface area (Å²) in [6.07, 6.45) is 9.21. The van der Waals surface area contributed by atoms with Gasteiger partial charge in [-0.15, -0.1) is 0 Å². The van der Waals surface area contributed by atoms with Gasteiger partial charge in [-0.05, 0) is 50.0 Å². The molecule has 0 aliphatic carbocycles. The van der Waals surface area contributed by atoms with Crippen LogP contribution in [0.3, 0.4) is 0 Å². The first-order chi connectivity index (χ1) is 13.8. The van der Waals surface area contributed by atoms with Crippen LogP contribution in [0.15, 0.2) is 48.0 Å². The molecule has 2 aromatic rings. The minimum Gasteiger partial charge on any atom is -0.497 e. The van der Waals surface area contributed by atoms with Crippen molar-refractivity contribution < 1.29 is 4.74 Å². The monoisotopic (exact) mass is 384 g/mol. The molecule has 0 saturated carbocycles. The maximum atomic E-state index is 5.31. The molecule has 1 saturated heterocycles. The van der Waals surface area contributed by atoms with Crippen LogP contribution in [0.5, 0.6) is 5.75 Å². The number of aliphatic imine (C=N–C) groups is 1. The maximum absolute atomic E-state index is 5.31. The van der Waals surface area contributed by atoms with E-state index in [1.165, 1.54) is 18.4 Å². The van der Waals surface area contributed by atoms with Crippen LogP contribution < -0.4 is 15.4 Å². The maximum Gasteiger partial charge on any atom is 0.191 e. The molecule has 1 aliphatic rings. The third-order valence-corrected chi connectivity index (χ3v) is 5.21. The van der Waals surface area contributed by atoms with Crippen LogP contribution in [0.2, 0.25) is 0 Å². The summed E-state index contributed by atoms with van der Waals surface area (Å²) in [5, 5.41) is 6.93. The van der Waals surface area contributed by atoms with Gasteiger partial charge >= 0.3 is 0 Å². The number of methoxy groups -OCH3 is 1. The van der Waals surface area contributed by atoms with E-state index in [-0.39, 0.29) is 0 Å². The highest BCUT2D eigenvalue weighted by molar-refractivity contribution is 5.79. The van der Waals surface area contributed by atoms with Crippen molar-refractivity contribution in [2.45, 2.75) is 31.8 Å². The molecule has 1 aromatic carbocycles. The molecule has 1 atom stereocenters. The summed E-state index contributed by atoms with van der Waals surface area (Å²) < 4.78 is 7.40. The van der Waals surface area contributed by atoms with Gasteiger partial charge in [0.2, 0.25) is 0 Å². The van der Waals surface area contributed by atoms with Gasteiger partial charge in [-0.1, -0.05) is 12.1 Å². The second-order valence-corrected chi connectivity index (χ2v) is 7.07. The van der Waals surface area contributed by atoms with E-state index < -0.39 is 0 Å². The molecule has 0 radical (unpaired) electrons. The minimum absolute atomic E-state index is 0.331. The standard InChI is InChI=1S/C21H32N6O/c1-22-21(24-10-5-12-26-15-11-23-17-26)25-16-20(27-13-3-4-14-27)18-6-8-19(28-2)9-7-18/h6-9,11,15,17,20H,3-5,10,12-14,16H2,1-2H3,(H2,22,24,25). The summed E-state index contributed by atoms with van der Waals surface area (Å²) >= 11 is 0. The lowest BCUT2D eigenvalue weighted by molar-refractivity contribution is 0.245. The second kappa shape index (κ2) is 10.7. The van der Waals surface area contributed by atoms with Gasteiger partial charge < -0.3 is 19.9 Å². The molecule has 7 nitrogen and oxygen atoms in total. The number of ether oxygens (including phenoxy) is 1. The Morgan fingerprint density at radius 1 is 1.21 bits per heavy atom. The lowest BCUT2D eigenvalue weighted by Gasteiger charge is -2.29. The number of benzene rings is 1. The second-order valence-electron chi connectivity index (χ2n) is 7.07. The number of aromatic nitrogens is 2. The van der Waals surface area contributed by atoms with E-state index in [0.29, 0.717) is 6.04 Å². The molecule has 1 fully saturated rings. The highest BCUT2D eigenvalue weighted by Crippen LogP contribution is 2.26. The molecule has 0 spiro atoms. The van der Waals surface area contributed by atoms with Gasteiger partial charge in [-0.2, -0.15) is 0 Å². The van der Waals surface area contributed by atoms with Gasteiger partial charge in [0, 0.05) is 39.1 Å². The summed E-state index contributed by atoms with van der Waals surface area (Å²) in [5.74, 6) is 1.75. The fourth-order valence-corrected chi connectivity index (χ4v) is 3.64. The van der Waals surface area contributed by atoms with E-state index in [1.807, 2.05) is 37.9 Å². The summed E-state index contributed by atoms with van der Waals surface area (Å²) in [5.41, 5.74) is 1.31. The van der Waals surface area contributed by atoms with Crippen molar-refractivity contribution in [1.82, 2.24) is 25.1 Å². The van der Waals surface area contributed by atoms with Gasteiger partial charge in [0.05, 0.1) is 19.5 Å². The van der Waals surface area contributed by atoms with Crippen molar-refractivity contribution in [2.75, 3.05) is 40.3 Å². The van der Waals surface area contributed by atoms with Gasteiger partial charge in [0.15, 0.2) is 5.96 Å². The minimum atomic E-state index is 0.331. The Morgan fingerprint density at radius 2 is 2.00 bits per heavy atom. The third-order valence-electron chi connectivity index (χ3n) is 5.21. The molecule has 0 amide bonds. The molecule has 1 aliphatic heterocycles. The fourth-order valence-electron chi connectivity index (χ4n) is 3.64. The number of rotatable bonds is 9. The van der Waals surface area contributed by atoms with Crippen LogP contribution in [0.25, 0.3) is 0 Å². The van der Waals surface area contributed by atoms with E-state index in [9.17, 15) is 0 Å². The molecular formula is C21H32N6O. The topological polar surface area (TPSA) is 66.7 Å². The van der Waals surface area contributed by atoms with E-state index in [1.54, 1.807) is 7.11 Å². The fraction of sp³-hybridized carbons (Fsp3) is 0.524. The van der Waals surface area contributed by atoms with Gasteiger partial charge in [-0.3, -0.25) is 9.89 Å². The average Bonchev–Trinajstić information content (AvgIpc) is 3.44. The zero-order valence-electron chi connectivity index (χ0n) is 17.0. The van der Waals surface area contributed by atoms with Crippen molar-refractivity contribution in [3.8, 4) is 5.75 Å². The molecule has 7 heteroatoms. The van der Waals surface area contributed by atoms with Gasteiger partial charge in [0.25, 0.3) is 0 Å². The van der Waals surface area contributed by atoms with Crippen molar-refractivity contribution in [3.05, 3.63) is 48.5 Å². The number of guanidine groups is 1. The number of hydrogen-bond acceptors (Lipinski definition) is 4. The van der Waals surface area contributed by atoms with Gasteiger partial charge in [-0.25, -0.2) is 4.98 Å². The molecule has 1 aromatic heterocycles. The Labute approximate surface area is 167 Å². The van der Waals surface area contributed by atoms with Crippen LogP contribution in [-0.2, 0) is 6.54 Å². The predicted molar refractivity (Wildman–Crippen MR) is 113 cm³/mol.